The van der Waals surface area contributed by atoms with Gasteiger partial charge in [-0.05, 0) is 63.8 Å². The van der Waals surface area contributed by atoms with Gasteiger partial charge in [-0.2, -0.15) is 26.3 Å². The highest BCUT2D eigenvalue weighted by Crippen LogP contribution is 2.42. The van der Waals surface area contributed by atoms with E-state index in [1.165, 1.54) is 0 Å². The Kier molecular flexibility index (Phi) is 6.36. The Balaban J connectivity index is 1.74. The molecule has 2 aliphatic heterocycles. The Morgan fingerprint density at radius 2 is 1.71 bits per heavy atom. The zero-order valence-electron chi connectivity index (χ0n) is 17.5. The second-order valence-electron chi connectivity index (χ2n) is 8.93. The van der Waals surface area contributed by atoms with Crippen LogP contribution in [0.5, 0.6) is 0 Å². The Bertz CT molecular complexity index is 791. The predicted octanol–water partition coefficient (Wildman–Crippen LogP) is 4.66. The van der Waals surface area contributed by atoms with Crippen molar-refractivity contribution < 1.29 is 35.9 Å². The Labute approximate surface area is 176 Å². The summed E-state index contributed by atoms with van der Waals surface area (Å²) >= 11 is 0. The molecule has 1 aromatic rings. The van der Waals surface area contributed by atoms with Gasteiger partial charge in [0.1, 0.15) is 0 Å². The van der Waals surface area contributed by atoms with E-state index in [1.54, 1.807) is 0 Å². The summed E-state index contributed by atoms with van der Waals surface area (Å²) in [5, 5.41) is 6.28. The summed E-state index contributed by atoms with van der Waals surface area (Å²) in [7, 11) is 0. The molecule has 2 N–H and O–H groups in total. The summed E-state index contributed by atoms with van der Waals surface area (Å²) in [6, 6.07) is 1.44. The number of nitrogens with one attached hydrogen (secondary N) is 2. The van der Waals surface area contributed by atoms with Crippen LogP contribution in [0.2, 0.25) is 0 Å². The van der Waals surface area contributed by atoms with E-state index in [2.05, 4.69) is 10.6 Å². The lowest BCUT2D eigenvalue weighted by Gasteiger charge is -2.39. The minimum Gasteiger partial charge on any atom is -0.372 e. The molecule has 2 heterocycles. The van der Waals surface area contributed by atoms with Gasteiger partial charge < -0.3 is 15.4 Å². The monoisotopic (exact) mass is 452 g/mol. The van der Waals surface area contributed by atoms with Crippen molar-refractivity contribution in [1.29, 1.82) is 0 Å². The quantitative estimate of drug-likeness (QED) is 0.639. The number of piperidine rings is 1. The summed E-state index contributed by atoms with van der Waals surface area (Å²) in [5.74, 6) is -0.323. The summed E-state index contributed by atoms with van der Waals surface area (Å²) in [6.45, 7) is 5.22. The summed E-state index contributed by atoms with van der Waals surface area (Å²) in [5.41, 5.74) is -3.50. The van der Waals surface area contributed by atoms with E-state index >= 15 is 0 Å². The van der Waals surface area contributed by atoms with Gasteiger partial charge in [0.25, 0.3) is 0 Å². The summed E-state index contributed by atoms with van der Waals surface area (Å²) in [4.78, 5) is 12.5. The van der Waals surface area contributed by atoms with Crippen LogP contribution in [-0.2, 0) is 28.5 Å². The molecule has 0 saturated carbocycles. The molecule has 4 unspecified atom stereocenters. The zero-order chi connectivity index (χ0) is 23.2. The lowest BCUT2D eigenvalue weighted by atomic mass is 9.88. The highest BCUT2D eigenvalue weighted by molar-refractivity contribution is 5.80. The number of fused-ring (bicyclic) bond motifs is 2. The maximum atomic E-state index is 13.1. The van der Waals surface area contributed by atoms with Crippen molar-refractivity contribution in [3.05, 3.63) is 34.9 Å². The number of amides is 1. The zero-order valence-corrected chi connectivity index (χ0v) is 17.5. The standard InChI is InChI=1S/C21H26F6N2O2/c1-11(2)28-18(30)15-9-19(3)17(5-4-16(15)29-19)31-10-12-6-13(20(22,23)24)8-14(7-12)21(25,26)27/h6-8,11,15-17,29H,4-5,9-10H2,1-3H3,(H,28,30). The molecule has 1 amide bonds. The molecule has 0 radical (unpaired) electrons. The molecule has 1 aromatic carbocycles. The normalized spacial score (nSPS) is 28.8. The number of benzene rings is 1. The van der Waals surface area contributed by atoms with Gasteiger partial charge >= 0.3 is 12.4 Å². The van der Waals surface area contributed by atoms with Crippen LogP contribution in [0.4, 0.5) is 26.3 Å². The molecule has 31 heavy (non-hydrogen) atoms. The van der Waals surface area contributed by atoms with E-state index in [0.29, 0.717) is 31.4 Å². The lowest BCUT2D eigenvalue weighted by Crippen LogP contribution is -2.55. The van der Waals surface area contributed by atoms with Crippen molar-refractivity contribution in [3.8, 4) is 0 Å². The van der Waals surface area contributed by atoms with E-state index in [-0.39, 0.29) is 42.1 Å². The molecule has 4 atom stereocenters. The maximum Gasteiger partial charge on any atom is 0.416 e. The molecule has 174 valence electrons. The van der Waals surface area contributed by atoms with Crippen molar-refractivity contribution in [1.82, 2.24) is 10.6 Å². The van der Waals surface area contributed by atoms with Gasteiger partial charge in [0, 0.05) is 17.6 Å². The number of carbonyl (C=O) groups excluding carboxylic acids is 1. The van der Waals surface area contributed by atoms with E-state index < -0.39 is 35.1 Å². The molecular weight excluding hydrogens is 426 g/mol. The third kappa shape index (κ3) is 5.34. The number of carbonyl (C=O) groups is 1. The van der Waals surface area contributed by atoms with E-state index in [4.69, 9.17) is 4.74 Å². The molecule has 2 fully saturated rings. The molecular formula is C21H26F6N2O2. The van der Waals surface area contributed by atoms with Crippen LogP contribution >= 0.6 is 0 Å². The van der Waals surface area contributed by atoms with Crippen LogP contribution < -0.4 is 10.6 Å². The molecule has 2 aliphatic rings. The number of hydrogen-bond acceptors (Lipinski definition) is 3. The second kappa shape index (κ2) is 8.27. The smallest absolute Gasteiger partial charge is 0.372 e. The molecule has 2 saturated heterocycles. The third-order valence-electron chi connectivity index (χ3n) is 5.96. The average molecular weight is 452 g/mol. The van der Waals surface area contributed by atoms with Crippen molar-refractivity contribution in [2.75, 3.05) is 0 Å². The topological polar surface area (TPSA) is 50.4 Å². The van der Waals surface area contributed by atoms with Gasteiger partial charge in [-0.25, -0.2) is 0 Å². The molecule has 0 aliphatic carbocycles. The number of hydrogen-bond donors (Lipinski definition) is 2. The molecule has 2 bridgehead atoms. The van der Waals surface area contributed by atoms with Gasteiger partial charge in [-0.3, -0.25) is 4.79 Å². The first-order chi connectivity index (χ1) is 14.2. The first kappa shape index (κ1) is 23.8. The Morgan fingerprint density at radius 1 is 1.13 bits per heavy atom. The van der Waals surface area contributed by atoms with Crippen LogP contribution in [0.15, 0.2) is 18.2 Å². The summed E-state index contributed by atoms with van der Waals surface area (Å²) in [6.07, 6.45) is -8.56. The molecule has 10 heteroatoms. The maximum absolute atomic E-state index is 13.1. The molecule has 3 rings (SSSR count). The third-order valence-corrected chi connectivity index (χ3v) is 5.96. The number of alkyl halides is 6. The Morgan fingerprint density at radius 3 is 2.23 bits per heavy atom. The summed E-state index contributed by atoms with van der Waals surface area (Å²) < 4.78 is 84.2. The van der Waals surface area contributed by atoms with Gasteiger partial charge in [-0.1, -0.05) is 0 Å². The van der Waals surface area contributed by atoms with Crippen molar-refractivity contribution in [2.45, 2.75) is 82.7 Å². The number of halogens is 6. The first-order valence-corrected chi connectivity index (χ1v) is 10.2. The van der Waals surface area contributed by atoms with Crippen molar-refractivity contribution in [2.24, 2.45) is 5.92 Å². The van der Waals surface area contributed by atoms with Gasteiger partial charge in [0.15, 0.2) is 0 Å². The minimum absolute atomic E-state index is 0.00320. The van der Waals surface area contributed by atoms with Crippen LogP contribution in [0, 0.1) is 5.92 Å². The SMILES string of the molecule is CC(C)NC(=O)C1CC2(C)NC1CCC2OCc1cc(C(F)(F)F)cc(C(F)(F)F)c1. The largest absolute Gasteiger partial charge is 0.416 e. The predicted molar refractivity (Wildman–Crippen MR) is 101 cm³/mol. The van der Waals surface area contributed by atoms with Gasteiger partial charge in [-0.15, -0.1) is 0 Å². The Hall–Kier alpha value is -1.81. The van der Waals surface area contributed by atoms with Gasteiger partial charge in [0.05, 0.1) is 29.8 Å². The fourth-order valence-electron chi connectivity index (χ4n) is 4.56. The van der Waals surface area contributed by atoms with Crippen LogP contribution in [0.3, 0.4) is 0 Å². The van der Waals surface area contributed by atoms with E-state index in [9.17, 15) is 31.1 Å². The van der Waals surface area contributed by atoms with Gasteiger partial charge in [0.2, 0.25) is 5.91 Å². The molecule has 0 aromatic heterocycles. The highest BCUT2D eigenvalue weighted by atomic mass is 19.4. The van der Waals surface area contributed by atoms with Crippen molar-refractivity contribution >= 4 is 5.91 Å². The first-order valence-electron chi connectivity index (χ1n) is 10.2. The number of ether oxygens (including phenoxy) is 1. The number of rotatable bonds is 5. The lowest BCUT2D eigenvalue weighted by molar-refractivity contribution is -0.143. The van der Waals surface area contributed by atoms with Crippen LogP contribution in [0.1, 0.15) is 56.7 Å². The fraction of sp³-hybridized carbons (Fsp3) is 0.667. The average Bonchev–Trinajstić information content (AvgIpc) is 2.90. The van der Waals surface area contributed by atoms with E-state index in [1.807, 2.05) is 20.8 Å². The molecule has 4 nitrogen and oxygen atoms in total. The minimum atomic E-state index is -4.90. The molecule has 0 spiro atoms. The van der Waals surface area contributed by atoms with E-state index in [0.717, 1.165) is 0 Å². The highest BCUT2D eigenvalue weighted by Gasteiger charge is 2.52. The van der Waals surface area contributed by atoms with Crippen LogP contribution in [0.25, 0.3) is 0 Å². The van der Waals surface area contributed by atoms with Crippen LogP contribution in [-0.4, -0.2) is 29.6 Å². The fourth-order valence-corrected chi connectivity index (χ4v) is 4.56. The van der Waals surface area contributed by atoms with Crippen molar-refractivity contribution in [3.63, 3.8) is 0 Å². The second-order valence-corrected chi connectivity index (χ2v) is 8.93.